The van der Waals surface area contributed by atoms with Gasteiger partial charge in [0.2, 0.25) is 20.0 Å². The first kappa shape index (κ1) is 71.8. The maximum Gasteiger partial charge on any atom is 0.282 e. The van der Waals surface area contributed by atoms with E-state index >= 15 is 8.42 Å². The Kier molecular flexibility index (Phi) is 24.4. The lowest BCUT2D eigenvalue weighted by Gasteiger charge is -2.43. The molecule has 1 saturated carbocycles. The molecule has 0 amide bonds. The number of anilines is 2. The van der Waals surface area contributed by atoms with Gasteiger partial charge in [-0.15, -0.1) is 0 Å². The van der Waals surface area contributed by atoms with Crippen LogP contribution < -0.4 is 9.80 Å². The van der Waals surface area contributed by atoms with Crippen LogP contribution in [0, 0.1) is 23.7 Å². The third kappa shape index (κ3) is 17.8. The van der Waals surface area contributed by atoms with Gasteiger partial charge in [-0.1, -0.05) is 74.7 Å². The zero-order valence-electron chi connectivity index (χ0n) is 56.4. The van der Waals surface area contributed by atoms with Gasteiger partial charge in [-0.2, -0.15) is 42.7 Å². The van der Waals surface area contributed by atoms with Gasteiger partial charge >= 0.3 is 0 Å². The minimum Gasteiger partial charge on any atom is -0.378 e. The second kappa shape index (κ2) is 31.7. The maximum absolute atomic E-state index is 15.7. The van der Waals surface area contributed by atoms with Crippen molar-refractivity contribution in [2.45, 2.75) is 139 Å². The summed E-state index contributed by atoms with van der Waals surface area (Å²) >= 11 is 6.86. The van der Waals surface area contributed by atoms with Crippen molar-refractivity contribution in [1.82, 2.24) is 35.6 Å². The zero-order valence-corrected chi connectivity index (χ0v) is 60.4. The first-order chi connectivity index (χ1) is 44.4. The number of halogens is 1. The fourth-order valence-electron chi connectivity index (χ4n) is 15.4. The summed E-state index contributed by atoms with van der Waals surface area (Å²) in [6.07, 6.45) is 14.6. The van der Waals surface area contributed by atoms with Crippen LogP contribution in [0.15, 0.2) is 106 Å². The Labute approximate surface area is 564 Å². The third-order valence-corrected chi connectivity index (χ3v) is 28.4. The highest BCUT2D eigenvalue weighted by molar-refractivity contribution is 7.89. The van der Waals surface area contributed by atoms with E-state index in [4.69, 9.17) is 11.6 Å². The second-order valence-corrected chi connectivity index (χ2v) is 36.3. The molecule has 2 aliphatic carbocycles. The lowest BCUT2D eigenvalue weighted by Crippen LogP contribution is -2.51. The molecule has 4 aliphatic heterocycles. The van der Waals surface area contributed by atoms with E-state index in [1.807, 2.05) is 94.3 Å². The molecule has 4 aromatic carbocycles. The van der Waals surface area contributed by atoms with Crippen molar-refractivity contribution in [3.05, 3.63) is 129 Å². The molecule has 10 rings (SSSR count). The molecule has 514 valence electrons. The van der Waals surface area contributed by atoms with Gasteiger partial charge in [0, 0.05) is 142 Å². The predicted molar refractivity (Wildman–Crippen MR) is 376 cm³/mol. The molecule has 0 N–H and O–H groups in total. The molecule has 18 nitrogen and oxygen atoms in total. The summed E-state index contributed by atoms with van der Waals surface area (Å²) in [5.41, 5.74) is 8.68. The summed E-state index contributed by atoms with van der Waals surface area (Å²) in [7, 11) is -8.25. The van der Waals surface area contributed by atoms with Crippen LogP contribution in [-0.2, 0) is 66.4 Å². The molecule has 2 saturated heterocycles. The number of fused-ring (bicyclic) bond motifs is 2. The van der Waals surface area contributed by atoms with Crippen molar-refractivity contribution in [3.63, 3.8) is 0 Å². The molecular weight excluding hydrogens is 1270 g/mol. The highest BCUT2D eigenvalue weighted by Crippen LogP contribution is 2.45. The third-order valence-electron chi connectivity index (χ3n) is 20.5. The van der Waals surface area contributed by atoms with E-state index in [0.29, 0.717) is 103 Å². The molecule has 93 heavy (non-hydrogen) atoms. The number of hydrogen-bond donors (Lipinski definition) is 0. The van der Waals surface area contributed by atoms with Gasteiger partial charge in [-0.25, -0.2) is 16.8 Å². The summed E-state index contributed by atoms with van der Waals surface area (Å²) in [5, 5.41) is 0.614. The number of nitrogens with zero attached hydrogens (tertiary/aromatic N) is 10. The monoisotopic (exact) mass is 1380 g/mol. The first-order valence-corrected chi connectivity index (χ1v) is 40.5. The molecule has 4 heterocycles. The smallest absolute Gasteiger partial charge is 0.282 e. The lowest BCUT2D eigenvalue weighted by atomic mass is 9.71. The van der Waals surface area contributed by atoms with E-state index in [2.05, 4.69) is 41.0 Å². The molecule has 0 radical (unpaired) electrons. The normalized spacial score (nSPS) is 24.9. The van der Waals surface area contributed by atoms with Crippen molar-refractivity contribution in [2.75, 3.05) is 143 Å². The predicted octanol–water partition coefficient (Wildman–Crippen LogP) is 10.2. The number of allylic oxidation sites excluding steroid dienone is 1. The Morgan fingerprint density at radius 3 is 1.57 bits per heavy atom. The van der Waals surface area contributed by atoms with Crippen LogP contribution in [0.2, 0.25) is 5.02 Å². The van der Waals surface area contributed by atoms with Crippen molar-refractivity contribution in [3.8, 4) is 0 Å². The molecule has 6 aliphatic rings. The summed E-state index contributed by atoms with van der Waals surface area (Å²) in [6.45, 7) is 13.3. The average molecular weight is 1380 g/mol. The minimum absolute atomic E-state index is 0.134. The molecule has 0 bridgehead atoms. The molecule has 0 spiro atoms. The van der Waals surface area contributed by atoms with Gasteiger partial charge in [-0.3, -0.25) is 4.90 Å². The SMILES string of the molecule is CCc1ccc2c(c1)CCN(S(=O)(=O)N1CCCN(CC3CCCC(C4CN(S(=O)(=O)N5CCCN(CC6=CCCCC6)CCCN(S(=O)(=O)c6ccc(N(C)C)cc6)C[C@H](C)C5)Cc5ccc(Cl)cc54)C3)CCCN(S(=O)(=O)c3ccc(N(C)C)cc3)C[C@H](C)C1)C2. The summed E-state index contributed by atoms with van der Waals surface area (Å²) in [5.74, 6) is -0.371. The largest absolute Gasteiger partial charge is 0.378 e. The molecule has 3 unspecified atom stereocenters. The van der Waals surface area contributed by atoms with Crippen molar-refractivity contribution < 1.29 is 33.7 Å². The fraction of sp³-hybridized carbons (Fsp3) is 0.629. The van der Waals surface area contributed by atoms with Gasteiger partial charge in [-0.05, 0) is 222 Å². The second-order valence-electron chi connectivity index (χ2n) is 28.1. The van der Waals surface area contributed by atoms with Crippen LogP contribution >= 0.6 is 11.6 Å². The van der Waals surface area contributed by atoms with Gasteiger partial charge < -0.3 is 14.7 Å². The molecule has 23 heteroatoms. The highest BCUT2D eigenvalue weighted by Gasteiger charge is 2.42. The van der Waals surface area contributed by atoms with Gasteiger partial charge in [0.05, 0.1) is 9.79 Å². The number of rotatable bonds is 16. The molecular formula is C70H105ClN10O8S4. The summed E-state index contributed by atoms with van der Waals surface area (Å²) < 4.78 is 130. The van der Waals surface area contributed by atoms with Crippen LogP contribution in [0.4, 0.5) is 11.4 Å². The average Bonchev–Trinajstić information content (AvgIpc) is 0.847. The number of benzene rings is 4. The lowest BCUT2D eigenvalue weighted by molar-refractivity contribution is 0.143. The topological polar surface area (TPSA) is 169 Å². The van der Waals surface area contributed by atoms with Gasteiger partial charge in [0.1, 0.15) is 0 Å². The Bertz CT molecular complexity index is 3660. The molecule has 0 aromatic heterocycles. The Morgan fingerprint density at radius 1 is 0.495 bits per heavy atom. The first-order valence-electron chi connectivity index (χ1n) is 34.5. The Morgan fingerprint density at radius 2 is 1.02 bits per heavy atom. The van der Waals surface area contributed by atoms with Crippen molar-refractivity contribution >= 4 is 63.4 Å². The molecule has 5 atom stereocenters. The quantitative estimate of drug-likeness (QED) is 0.0975. The van der Waals surface area contributed by atoms with Crippen LogP contribution in [0.3, 0.4) is 0 Å². The van der Waals surface area contributed by atoms with Crippen LogP contribution in [0.25, 0.3) is 0 Å². The number of hydrogen-bond acceptors (Lipinski definition) is 12. The van der Waals surface area contributed by atoms with E-state index < -0.39 is 40.5 Å². The van der Waals surface area contributed by atoms with Gasteiger partial charge in [0.15, 0.2) is 0 Å². The van der Waals surface area contributed by atoms with E-state index in [0.717, 1.165) is 92.5 Å². The Hall–Kier alpha value is -4.01. The number of sulfonamides is 2. The van der Waals surface area contributed by atoms with Crippen LogP contribution in [0.5, 0.6) is 0 Å². The molecule has 3 fully saturated rings. The van der Waals surface area contributed by atoms with Crippen molar-refractivity contribution in [1.29, 1.82) is 0 Å². The van der Waals surface area contributed by atoms with E-state index in [1.54, 1.807) is 50.1 Å². The summed E-state index contributed by atoms with van der Waals surface area (Å²) in [6, 6.07) is 26.2. The zero-order chi connectivity index (χ0) is 66.2. The van der Waals surface area contributed by atoms with Crippen LogP contribution in [-0.4, -0.2) is 202 Å². The highest BCUT2D eigenvalue weighted by atomic mass is 35.5. The maximum atomic E-state index is 15.7. The van der Waals surface area contributed by atoms with E-state index in [9.17, 15) is 25.3 Å². The van der Waals surface area contributed by atoms with E-state index in [1.165, 1.54) is 23.1 Å². The van der Waals surface area contributed by atoms with Gasteiger partial charge in [0.25, 0.3) is 20.4 Å². The number of aryl methyl sites for hydroxylation is 1. The fourth-order valence-corrected chi connectivity index (χ4v) is 22.3. The Balaban J connectivity index is 0.882. The van der Waals surface area contributed by atoms with E-state index in [-0.39, 0.29) is 78.6 Å². The minimum atomic E-state index is -4.11. The standard InChI is InChI=1S/C70H105ClN10O8S4/c1-8-57-21-22-62-52-80(42-33-60(62)43-57)92(86,87)78-40-16-37-75(35-14-39-77(46-55(2)48-78)91(84,85)68-31-27-66(28-32-68)73(6)7)51-59-19-12-20-61(44-59)70-54-81(53-63-23-24-64(71)45-69(63)70)93(88,89)79-41-15-36-74(50-58-17-10-9-11-18-58)34-13-38-76(47-56(3)49-79)90(82,83)67-29-25-65(26-30-67)72(4)5/h17,21-32,43,45,55-56,59,61,70H,8-16,18-20,33-42,44,46-54H2,1-7H3/t55-,56-,59?,61?,70?/m0/s1. The van der Waals surface area contributed by atoms with Crippen LogP contribution in [0.1, 0.15) is 132 Å². The van der Waals surface area contributed by atoms with Crippen molar-refractivity contribution in [2.24, 2.45) is 23.7 Å². The molecule has 4 aromatic rings. The summed E-state index contributed by atoms with van der Waals surface area (Å²) in [4.78, 5) is 9.15.